The van der Waals surface area contributed by atoms with Crippen LogP contribution in [0.3, 0.4) is 0 Å². The Bertz CT molecular complexity index is 965. The van der Waals surface area contributed by atoms with Crippen LogP contribution in [-0.4, -0.2) is 84.4 Å². The highest BCUT2D eigenvalue weighted by atomic mass is 16.2. The molecule has 2 N–H and O–H groups in total. The summed E-state index contributed by atoms with van der Waals surface area (Å²) < 4.78 is 0. The molecule has 0 atom stereocenters. The van der Waals surface area contributed by atoms with Crippen LogP contribution in [0.5, 0.6) is 0 Å². The first kappa shape index (κ1) is 26.5. The van der Waals surface area contributed by atoms with E-state index in [9.17, 15) is 14.4 Å². The van der Waals surface area contributed by atoms with Gasteiger partial charge in [-0.15, -0.1) is 0 Å². The molecule has 36 heavy (non-hydrogen) atoms. The monoisotopic (exact) mass is 497 g/mol. The summed E-state index contributed by atoms with van der Waals surface area (Å²) >= 11 is 0. The minimum absolute atomic E-state index is 0.0281. The van der Waals surface area contributed by atoms with Crippen molar-refractivity contribution in [2.45, 2.75) is 75.4 Å². The van der Waals surface area contributed by atoms with E-state index in [1.165, 1.54) is 24.8 Å². The lowest BCUT2D eigenvalue weighted by Gasteiger charge is -2.51. The maximum absolute atomic E-state index is 13.7. The van der Waals surface area contributed by atoms with Crippen LogP contribution in [0.1, 0.15) is 64.4 Å². The molecule has 0 unspecified atom stereocenters. The van der Waals surface area contributed by atoms with E-state index >= 15 is 0 Å². The van der Waals surface area contributed by atoms with Crippen LogP contribution in [0.4, 0.5) is 4.79 Å². The van der Waals surface area contributed by atoms with E-state index in [1.54, 1.807) is 25.8 Å². The van der Waals surface area contributed by atoms with E-state index in [0.29, 0.717) is 12.5 Å². The quantitative estimate of drug-likeness (QED) is 0.578. The average molecular weight is 498 g/mol. The van der Waals surface area contributed by atoms with E-state index in [4.69, 9.17) is 0 Å². The number of nitrogens with one attached hydrogen (secondary N) is 2. The zero-order valence-electron chi connectivity index (χ0n) is 22.6. The van der Waals surface area contributed by atoms with Crippen LogP contribution < -0.4 is 10.6 Å². The molecule has 0 aromatic heterocycles. The van der Waals surface area contributed by atoms with Gasteiger partial charge in [-0.05, 0) is 77.9 Å². The van der Waals surface area contributed by atoms with Gasteiger partial charge in [-0.2, -0.15) is 0 Å². The van der Waals surface area contributed by atoms with Crippen molar-refractivity contribution in [1.29, 1.82) is 0 Å². The molecule has 1 aromatic carbocycles. The fourth-order valence-corrected chi connectivity index (χ4v) is 6.44. The molecule has 1 aromatic rings. The Morgan fingerprint density at radius 2 is 1.72 bits per heavy atom. The summed E-state index contributed by atoms with van der Waals surface area (Å²) in [7, 11) is 5.86. The maximum Gasteiger partial charge on any atom is 0.321 e. The van der Waals surface area contributed by atoms with E-state index in [-0.39, 0.29) is 35.5 Å². The van der Waals surface area contributed by atoms with Crippen LogP contribution in [0.25, 0.3) is 0 Å². The summed E-state index contributed by atoms with van der Waals surface area (Å²) in [6, 6.07) is 10.7. The summed E-state index contributed by atoms with van der Waals surface area (Å²) in [5, 5.41) is 5.39. The number of rotatable bonds is 8. The smallest absolute Gasteiger partial charge is 0.321 e. The van der Waals surface area contributed by atoms with Gasteiger partial charge in [0.05, 0.1) is 5.54 Å². The van der Waals surface area contributed by atoms with E-state index in [0.717, 1.165) is 32.2 Å². The van der Waals surface area contributed by atoms with Gasteiger partial charge in [0.2, 0.25) is 11.8 Å². The number of urea groups is 1. The van der Waals surface area contributed by atoms with Gasteiger partial charge < -0.3 is 20.4 Å². The number of benzene rings is 1. The third-order valence-corrected chi connectivity index (χ3v) is 8.98. The van der Waals surface area contributed by atoms with Crippen LogP contribution in [0, 0.1) is 5.92 Å². The minimum Gasteiger partial charge on any atom is -0.357 e. The standard InChI is InChI=1S/C28H43N5O3/c1-26(2,24(35)29-3)30-23(34)19-32-20-27(33(25(32)36)18-21-10-9-11-21)14-16-28(17-15-27,31(4)5)22-12-7-6-8-13-22/h6-8,12-13,21H,9-11,14-20H2,1-5H3,(H,29,35)(H,30,34)/t27-,28+. The van der Waals surface area contributed by atoms with Crippen LogP contribution in [0.2, 0.25) is 0 Å². The van der Waals surface area contributed by atoms with Gasteiger partial charge in [-0.25, -0.2) is 4.79 Å². The normalized spacial score (nSPS) is 26.9. The second-order valence-corrected chi connectivity index (χ2v) is 11.8. The van der Waals surface area contributed by atoms with Gasteiger partial charge in [-0.1, -0.05) is 36.8 Å². The summed E-state index contributed by atoms with van der Waals surface area (Å²) in [5.74, 6) is -0.0123. The summed E-state index contributed by atoms with van der Waals surface area (Å²) in [6.45, 7) is 4.66. The summed E-state index contributed by atoms with van der Waals surface area (Å²) in [5.41, 5.74) is -0.0196. The molecule has 8 nitrogen and oxygen atoms in total. The Hall–Kier alpha value is -2.61. The second kappa shape index (κ2) is 10.0. The van der Waals surface area contributed by atoms with Gasteiger partial charge in [0.1, 0.15) is 12.1 Å². The molecule has 1 saturated heterocycles. The zero-order chi connectivity index (χ0) is 26.1. The molecule has 3 aliphatic rings. The van der Waals surface area contributed by atoms with Gasteiger partial charge in [0.25, 0.3) is 0 Å². The van der Waals surface area contributed by atoms with Crippen molar-refractivity contribution in [1.82, 2.24) is 25.3 Å². The van der Waals surface area contributed by atoms with E-state index in [1.807, 2.05) is 0 Å². The van der Waals surface area contributed by atoms with Gasteiger partial charge in [0, 0.05) is 25.7 Å². The number of nitrogens with zero attached hydrogens (tertiary/aromatic N) is 3. The molecule has 4 rings (SSSR count). The molecule has 2 aliphatic carbocycles. The molecule has 1 aliphatic heterocycles. The number of amides is 4. The number of carbonyl (C=O) groups is 3. The highest BCUT2D eigenvalue weighted by Gasteiger charge is 2.55. The number of carbonyl (C=O) groups excluding carboxylic acids is 3. The summed E-state index contributed by atoms with van der Waals surface area (Å²) in [4.78, 5) is 44.9. The molecule has 1 heterocycles. The highest BCUT2D eigenvalue weighted by molar-refractivity contribution is 5.92. The Balaban J connectivity index is 1.53. The lowest BCUT2D eigenvalue weighted by molar-refractivity contribution is -0.132. The van der Waals surface area contributed by atoms with Crippen molar-refractivity contribution >= 4 is 17.8 Å². The Morgan fingerprint density at radius 1 is 1.08 bits per heavy atom. The number of hydrogen-bond donors (Lipinski definition) is 2. The van der Waals surface area contributed by atoms with Crippen LogP contribution in [0.15, 0.2) is 30.3 Å². The van der Waals surface area contributed by atoms with E-state index < -0.39 is 5.54 Å². The molecular formula is C28H43N5O3. The van der Waals surface area contributed by atoms with Crippen molar-refractivity contribution in [3.63, 3.8) is 0 Å². The van der Waals surface area contributed by atoms with Crippen LogP contribution >= 0.6 is 0 Å². The molecule has 198 valence electrons. The van der Waals surface area contributed by atoms with E-state index in [2.05, 4.69) is 64.9 Å². The van der Waals surface area contributed by atoms with Gasteiger partial charge in [0.15, 0.2) is 0 Å². The number of hydrogen-bond acceptors (Lipinski definition) is 4. The first-order valence-electron chi connectivity index (χ1n) is 13.4. The first-order valence-corrected chi connectivity index (χ1v) is 13.4. The maximum atomic E-state index is 13.7. The Morgan fingerprint density at radius 3 is 2.25 bits per heavy atom. The predicted molar refractivity (Wildman–Crippen MR) is 140 cm³/mol. The third kappa shape index (κ3) is 4.84. The van der Waals surface area contributed by atoms with Crippen molar-refractivity contribution < 1.29 is 14.4 Å². The number of likely N-dealkylation sites (N-methyl/N-ethyl adjacent to an activating group) is 1. The first-order chi connectivity index (χ1) is 17.0. The second-order valence-electron chi connectivity index (χ2n) is 11.8. The molecule has 2 saturated carbocycles. The topological polar surface area (TPSA) is 85.0 Å². The lowest BCUT2D eigenvalue weighted by atomic mass is 9.68. The van der Waals surface area contributed by atoms with Crippen molar-refractivity contribution in [2.75, 3.05) is 40.8 Å². The van der Waals surface area contributed by atoms with Crippen molar-refractivity contribution in [2.24, 2.45) is 5.92 Å². The van der Waals surface area contributed by atoms with Crippen LogP contribution in [-0.2, 0) is 15.1 Å². The Kier molecular flexibility index (Phi) is 7.37. The molecule has 3 fully saturated rings. The SMILES string of the molecule is CNC(=O)C(C)(C)NC(=O)CN1C[C@]2(CC[C@](c3ccccc3)(N(C)C)CC2)N(CC2CCC2)C1=O. The predicted octanol–water partition coefficient (Wildman–Crippen LogP) is 2.93. The minimum atomic E-state index is -1.04. The fraction of sp³-hybridized carbons (Fsp3) is 0.679. The van der Waals surface area contributed by atoms with Gasteiger partial charge in [-0.3, -0.25) is 14.5 Å². The van der Waals surface area contributed by atoms with Crippen molar-refractivity contribution in [3.8, 4) is 0 Å². The molecule has 0 bridgehead atoms. The van der Waals surface area contributed by atoms with Crippen molar-refractivity contribution in [3.05, 3.63) is 35.9 Å². The fourth-order valence-electron chi connectivity index (χ4n) is 6.44. The van der Waals surface area contributed by atoms with Gasteiger partial charge >= 0.3 is 6.03 Å². The molecule has 8 heteroatoms. The Labute approximate surface area is 215 Å². The summed E-state index contributed by atoms with van der Waals surface area (Å²) in [6.07, 6.45) is 7.31. The molecule has 0 radical (unpaired) electrons. The zero-order valence-corrected chi connectivity index (χ0v) is 22.6. The molecule has 1 spiro atoms. The average Bonchev–Trinajstić information content (AvgIpc) is 3.06. The highest BCUT2D eigenvalue weighted by Crippen LogP contribution is 2.49. The molecular weight excluding hydrogens is 454 g/mol. The largest absolute Gasteiger partial charge is 0.357 e. The third-order valence-electron chi connectivity index (χ3n) is 8.98. The molecule has 4 amide bonds. The lowest BCUT2D eigenvalue weighted by Crippen LogP contribution is -2.56.